The summed E-state index contributed by atoms with van der Waals surface area (Å²) < 4.78 is 1.62. The summed E-state index contributed by atoms with van der Waals surface area (Å²) in [6, 6.07) is 1.71. The van der Waals surface area contributed by atoms with E-state index in [0.29, 0.717) is 5.65 Å². The number of nitrogens with zero attached hydrogens (tertiary/aromatic N) is 4. The van der Waals surface area contributed by atoms with E-state index in [0.717, 1.165) is 0 Å². The summed E-state index contributed by atoms with van der Waals surface area (Å²) in [6.45, 7) is -0.427. The number of anilines is 1. The Morgan fingerprint density at radius 3 is 3.05 bits per heavy atom. The van der Waals surface area contributed by atoms with Gasteiger partial charge < -0.3 is 20.5 Å². The first-order chi connectivity index (χ1) is 10.0. The fourth-order valence-electron chi connectivity index (χ4n) is 2.87. The van der Waals surface area contributed by atoms with E-state index in [1.807, 2.05) is 6.07 Å². The van der Waals surface area contributed by atoms with E-state index < -0.39 is 23.7 Å². The van der Waals surface area contributed by atoms with E-state index in [2.05, 4.69) is 15.0 Å². The molecule has 1 saturated carbocycles. The van der Waals surface area contributed by atoms with Crippen molar-refractivity contribution in [2.75, 3.05) is 12.3 Å². The largest absolute Gasteiger partial charge is 0.395 e. The van der Waals surface area contributed by atoms with Crippen LogP contribution >= 0.6 is 0 Å². The van der Waals surface area contributed by atoms with E-state index in [4.69, 9.17) is 5.73 Å². The highest BCUT2D eigenvalue weighted by molar-refractivity contribution is 5.70. The first-order valence-corrected chi connectivity index (χ1v) is 6.43. The molecule has 3 atom stereocenters. The molecule has 5 N–H and O–H groups in total. The number of nitrogens with two attached hydrogens (primary N) is 1. The van der Waals surface area contributed by atoms with Crippen LogP contribution in [0.2, 0.25) is 0 Å². The molecule has 1 aliphatic carbocycles. The van der Waals surface area contributed by atoms with Crippen molar-refractivity contribution in [3.63, 3.8) is 0 Å². The van der Waals surface area contributed by atoms with Gasteiger partial charge in [-0.3, -0.25) is 9.78 Å². The van der Waals surface area contributed by atoms with Crippen LogP contribution in [-0.2, 0) is 0 Å². The Labute approximate surface area is 118 Å². The average Bonchev–Trinajstić information content (AvgIpc) is 3.00. The minimum Gasteiger partial charge on any atom is -0.395 e. The summed E-state index contributed by atoms with van der Waals surface area (Å²) in [4.78, 5) is 22.2. The number of hydrogen-bond donors (Lipinski definition) is 4. The fourth-order valence-corrected chi connectivity index (χ4v) is 2.87. The van der Waals surface area contributed by atoms with Gasteiger partial charge in [0, 0.05) is 6.04 Å². The third-order valence-electron chi connectivity index (χ3n) is 4.08. The number of aromatic nitrogens is 4. The van der Waals surface area contributed by atoms with Gasteiger partial charge in [-0.05, 0) is 12.8 Å². The van der Waals surface area contributed by atoms with Gasteiger partial charge in [-0.2, -0.15) is 10.2 Å². The first kappa shape index (κ1) is 13.5. The number of nitriles is 1. The van der Waals surface area contributed by atoms with Crippen molar-refractivity contribution in [1.82, 2.24) is 19.5 Å². The van der Waals surface area contributed by atoms with Crippen molar-refractivity contribution in [1.29, 1.82) is 5.26 Å². The lowest BCUT2D eigenvalue weighted by atomic mass is 9.87. The van der Waals surface area contributed by atoms with Crippen LogP contribution in [0.1, 0.15) is 18.9 Å². The molecule has 1 aliphatic rings. The lowest BCUT2D eigenvalue weighted by Gasteiger charge is -2.21. The maximum Gasteiger partial charge on any atom is 0.280 e. The second-order valence-corrected chi connectivity index (χ2v) is 5.31. The Balaban J connectivity index is 2.07. The number of aromatic amines is 1. The van der Waals surface area contributed by atoms with Crippen LogP contribution in [0.25, 0.3) is 11.2 Å². The van der Waals surface area contributed by atoms with Crippen LogP contribution in [0.4, 0.5) is 5.95 Å². The van der Waals surface area contributed by atoms with Crippen LogP contribution in [0.3, 0.4) is 0 Å². The van der Waals surface area contributed by atoms with Gasteiger partial charge >= 0.3 is 0 Å². The molecule has 9 nitrogen and oxygen atoms in total. The third kappa shape index (κ3) is 1.88. The Kier molecular flexibility index (Phi) is 2.93. The van der Waals surface area contributed by atoms with Crippen LogP contribution in [-0.4, -0.2) is 42.4 Å². The van der Waals surface area contributed by atoms with Crippen molar-refractivity contribution in [3.05, 3.63) is 16.7 Å². The minimum atomic E-state index is -1.20. The number of rotatable bonds is 2. The van der Waals surface area contributed by atoms with Crippen molar-refractivity contribution < 1.29 is 10.2 Å². The molecule has 3 rings (SSSR count). The molecule has 0 saturated heterocycles. The number of nitrogens with one attached hydrogen (secondary N) is 1. The van der Waals surface area contributed by atoms with Gasteiger partial charge in [0.1, 0.15) is 5.41 Å². The summed E-state index contributed by atoms with van der Waals surface area (Å²) in [5.74, 6) is -0.0264. The molecule has 0 aliphatic heterocycles. The van der Waals surface area contributed by atoms with Gasteiger partial charge in [0.15, 0.2) is 11.2 Å². The quantitative estimate of drug-likeness (QED) is 0.547. The van der Waals surface area contributed by atoms with E-state index >= 15 is 0 Å². The van der Waals surface area contributed by atoms with Gasteiger partial charge in [-0.15, -0.1) is 0 Å². The summed E-state index contributed by atoms with van der Waals surface area (Å²) in [7, 11) is 0. The maximum absolute atomic E-state index is 11.7. The number of aliphatic hydroxyl groups is 2. The molecule has 1 fully saturated rings. The van der Waals surface area contributed by atoms with Crippen molar-refractivity contribution in [2.45, 2.75) is 25.0 Å². The molecule has 2 aromatic rings. The number of H-pyrrole nitrogens is 1. The first-order valence-electron chi connectivity index (χ1n) is 6.43. The molecule has 2 heterocycles. The van der Waals surface area contributed by atoms with Gasteiger partial charge in [0.05, 0.1) is 25.1 Å². The highest BCUT2D eigenvalue weighted by Gasteiger charge is 2.48. The summed E-state index contributed by atoms with van der Waals surface area (Å²) in [6.07, 6.45) is 1.01. The van der Waals surface area contributed by atoms with Gasteiger partial charge in [-0.25, -0.2) is 4.98 Å². The fraction of sp³-hybridized carbons (Fsp3) is 0.500. The number of aliphatic hydroxyl groups excluding tert-OH is 2. The molecule has 0 aromatic carbocycles. The van der Waals surface area contributed by atoms with Crippen LogP contribution in [0.5, 0.6) is 0 Å². The van der Waals surface area contributed by atoms with Gasteiger partial charge in [-0.1, -0.05) is 0 Å². The molecule has 9 heteroatoms. The Morgan fingerprint density at radius 2 is 2.43 bits per heavy atom. The molecule has 0 bridgehead atoms. The molecular formula is C12H14N6O3. The topological polar surface area (TPSA) is 154 Å². The lowest BCUT2D eigenvalue weighted by Crippen LogP contribution is -2.31. The smallest absolute Gasteiger partial charge is 0.280 e. The number of hydrogen-bond acceptors (Lipinski definition) is 7. The predicted octanol–water partition coefficient (Wildman–Crippen LogP) is -1.10. The molecule has 110 valence electrons. The average molecular weight is 290 g/mol. The third-order valence-corrected chi connectivity index (χ3v) is 4.08. The normalized spacial score (nSPS) is 28.8. The van der Waals surface area contributed by atoms with Crippen LogP contribution in [0.15, 0.2) is 11.1 Å². The van der Waals surface area contributed by atoms with E-state index in [9.17, 15) is 20.3 Å². The Hall–Kier alpha value is -2.44. The Bertz CT molecular complexity index is 790. The van der Waals surface area contributed by atoms with Crippen molar-refractivity contribution in [2.24, 2.45) is 5.41 Å². The minimum absolute atomic E-state index is 0.0264. The van der Waals surface area contributed by atoms with Crippen molar-refractivity contribution >= 4 is 17.1 Å². The Morgan fingerprint density at radius 1 is 1.67 bits per heavy atom. The highest BCUT2D eigenvalue weighted by Crippen LogP contribution is 2.44. The molecule has 0 unspecified atom stereocenters. The number of imidazole rings is 1. The molecule has 0 amide bonds. The number of nitrogen functional groups attached to an aromatic ring is 1. The zero-order valence-corrected chi connectivity index (χ0v) is 11.0. The zero-order valence-electron chi connectivity index (χ0n) is 11.0. The van der Waals surface area contributed by atoms with E-state index in [1.54, 1.807) is 4.57 Å². The van der Waals surface area contributed by atoms with Gasteiger partial charge in [0.25, 0.3) is 5.56 Å². The predicted molar refractivity (Wildman–Crippen MR) is 72.0 cm³/mol. The van der Waals surface area contributed by atoms with Gasteiger partial charge in [0.2, 0.25) is 5.95 Å². The van der Waals surface area contributed by atoms with Crippen LogP contribution in [0, 0.1) is 16.7 Å². The highest BCUT2D eigenvalue weighted by atomic mass is 16.3. The van der Waals surface area contributed by atoms with E-state index in [-0.39, 0.29) is 30.3 Å². The zero-order chi connectivity index (χ0) is 15.2. The second kappa shape index (κ2) is 4.54. The molecule has 2 aromatic heterocycles. The molecular weight excluding hydrogens is 276 g/mol. The monoisotopic (exact) mass is 290 g/mol. The van der Waals surface area contributed by atoms with Crippen LogP contribution < -0.4 is 11.3 Å². The van der Waals surface area contributed by atoms with Crippen molar-refractivity contribution in [3.8, 4) is 6.07 Å². The second-order valence-electron chi connectivity index (χ2n) is 5.31. The van der Waals surface area contributed by atoms with E-state index in [1.165, 1.54) is 6.33 Å². The molecule has 21 heavy (non-hydrogen) atoms. The summed E-state index contributed by atoms with van der Waals surface area (Å²) in [5, 5.41) is 28.7. The number of fused-ring (bicyclic) bond motifs is 1. The maximum atomic E-state index is 11.7. The standard InChI is InChI=1S/C12H14N6O3/c13-3-12(4-19)2-6(1-7(12)20)18-5-15-8-9(18)16-11(14)17-10(8)21/h5-7,19-20H,1-2,4H2,(H3,14,16,17,21)/t6-,7-,12-/m1/s1. The lowest BCUT2D eigenvalue weighted by molar-refractivity contribution is 0.0460. The SMILES string of the molecule is N#C[C@@]1(CO)C[C@H](n2cnc3c(=O)[nH]c(N)nc32)C[C@H]1O. The summed E-state index contributed by atoms with van der Waals surface area (Å²) in [5.41, 5.74) is 4.35. The molecule has 0 spiro atoms. The molecule has 0 radical (unpaired) electrons. The summed E-state index contributed by atoms with van der Waals surface area (Å²) >= 11 is 0.